The number of Topliss-reactive ketones (excluding diaryl/α,β-unsaturated/α-hetero) is 1. The normalized spacial score (nSPS) is 52.8. The van der Waals surface area contributed by atoms with Crippen molar-refractivity contribution in [1.29, 1.82) is 0 Å². The molecule has 56 heavy (non-hydrogen) atoms. The van der Waals surface area contributed by atoms with Gasteiger partial charge in [0.2, 0.25) is 0 Å². The lowest BCUT2D eigenvalue weighted by Gasteiger charge is -2.57. The molecule has 0 spiro atoms. The summed E-state index contributed by atoms with van der Waals surface area (Å²) in [5.74, 6) is 7.80. The smallest absolute Gasteiger partial charge is 0.314 e. The van der Waals surface area contributed by atoms with Gasteiger partial charge in [0.25, 0.3) is 0 Å². The molecule has 16 fully saturated rings. The molecule has 16 rings (SSSR count). The van der Waals surface area contributed by atoms with Crippen LogP contribution in [0.2, 0.25) is 0 Å². The average Bonchev–Trinajstić information content (AvgIpc) is 3.13. The molecular weight excluding hydrogens is 705 g/mol. The van der Waals surface area contributed by atoms with E-state index in [4.69, 9.17) is 18.9 Å². The first-order chi connectivity index (χ1) is 26.8. The molecule has 16 aliphatic carbocycles. The third-order valence-corrected chi connectivity index (χ3v) is 19.2. The van der Waals surface area contributed by atoms with E-state index in [9.17, 15) is 19.5 Å². The summed E-state index contributed by atoms with van der Waals surface area (Å²) in [4.78, 5) is 38.7. The molecule has 0 aromatic rings. The number of hydrogen-bond donors (Lipinski definition) is 1. The van der Waals surface area contributed by atoms with E-state index in [1.165, 1.54) is 77.0 Å². The molecule has 310 valence electrons. The van der Waals surface area contributed by atoms with Gasteiger partial charge >= 0.3 is 11.9 Å². The summed E-state index contributed by atoms with van der Waals surface area (Å²) in [7, 11) is 0. The average molecular weight is 775 g/mol. The van der Waals surface area contributed by atoms with Gasteiger partial charge in [0.05, 0.1) is 30.1 Å². The zero-order chi connectivity index (χ0) is 38.2. The molecule has 0 aromatic heterocycles. The Morgan fingerprint density at radius 3 is 1.25 bits per heavy atom. The molecule has 16 bridgehead atoms. The number of rotatable bonds is 10. The molecule has 0 radical (unpaired) electrons. The van der Waals surface area contributed by atoms with Crippen LogP contribution in [0.3, 0.4) is 0 Å². The molecule has 1 N–H and O–H groups in total. The maximum Gasteiger partial charge on any atom is 0.314 e. The Morgan fingerprint density at radius 1 is 0.518 bits per heavy atom. The fourth-order valence-electron chi connectivity index (χ4n) is 18.4. The molecule has 0 aliphatic heterocycles. The van der Waals surface area contributed by atoms with Gasteiger partial charge < -0.3 is 24.1 Å². The van der Waals surface area contributed by atoms with Crippen molar-refractivity contribution < 1.29 is 38.4 Å². The number of carbonyl (C=O) groups is 3. The maximum atomic E-state index is 13.2. The van der Waals surface area contributed by atoms with E-state index in [1.54, 1.807) is 0 Å². The zero-order valence-electron chi connectivity index (χ0n) is 34.4. The van der Waals surface area contributed by atoms with Crippen molar-refractivity contribution in [3.8, 4) is 0 Å². The van der Waals surface area contributed by atoms with Crippen molar-refractivity contribution in [2.75, 3.05) is 13.2 Å². The van der Waals surface area contributed by atoms with Crippen molar-refractivity contribution in [2.24, 2.45) is 92.7 Å². The molecule has 16 aliphatic rings. The zero-order valence-corrected chi connectivity index (χ0v) is 34.4. The molecule has 16 saturated carbocycles. The number of ether oxygens (including phenoxy) is 4. The first-order valence-electron chi connectivity index (χ1n) is 23.7. The Bertz CT molecular complexity index is 1480. The Kier molecular flexibility index (Phi) is 9.04. The highest BCUT2D eigenvalue weighted by atomic mass is 16.7. The summed E-state index contributed by atoms with van der Waals surface area (Å²) < 4.78 is 24.1. The van der Waals surface area contributed by atoms with Crippen LogP contribution in [0.1, 0.15) is 155 Å². The Balaban J connectivity index is 0.000000130. The lowest BCUT2D eigenvalue weighted by atomic mass is 9.48. The van der Waals surface area contributed by atoms with Gasteiger partial charge in [0, 0.05) is 11.8 Å². The summed E-state index contributed by atoms with van der Waals surface area (Å²) in [6, 6.07) is 0. The van der Waals surface area contributed by atoms with E-state index in [-0.39, 0.29) is 35.3 Å². The fraction of sp³-hybridized carbons (Fsp3) is 0.938. The number of esters is 2. The van der Waals surface area contributed by atoms with Crippen molar-refractivity contribution >= 4 is 17.7 Å². The number of carbonyl (C=O) groups excluding carboxylic acids is 3. The van der Waals surface area contributed by atoms with Gasteiger partial charge in [-0.15, -0.1) is 0 Å². The second-order valence-corrected chi connectivity index (χ2v) is 23.7. The predicted molar refractivity (Wildman–Crippen MR) is 207 cm³/mol. The SMILES string of the molecule is CC(OCC12CC3CC(CC(C3)C1)C2)OC(=O)C12CC3CC(C1)C(=O)C(C3)C2.CC(OCC12CC3CC(CC(C3)C1)C2)OC(=O)C12CC3CC(C1)C(O)C(C3)C2. The van der Waals surface area contributed by atoms with Crippen molar-refractivity contribution in [3.05, 3.63) is 0 Å². The molecule has 0 aromatic carbocycles. The Labute approximate surface area is 335 Å². The number of hydrogen-bond acceptors (Lipinski definition) is 8. The van der Waals surface area contributed by atoms with Crippen LogP contribution >= 0.6 is 0 Å². The van der Waals surface area contributed by atoms with Gasteiger partial charge in [-0.1, -0.05) is 0 Å². The van der Waals surface area contributed by atoms with Gasteiger partial charge in [0.15, 0.2) is 12.6 Å². The number of aliphatic hydroxyl groups is 1. The fourth-order valence-corrected chi connectivity index (χ4v) is 18.4. The minimum Gasteiger partial charge on any atom is -0.436 e. The standard InChI is InChI=1S/C24H36O4.C24H34O4/c2*1-14(27-13-23-7-15-2-16(8-23)4-17(3-15)9-23)28-22(26)24-10-18-5-19(11-24)21(25)20(6-18)12-24/h14-21,25H,2-13H2,1H3;14-20H,2-13H2,1H3. The van der Waals surface area contributed by atoms with Crippen LogP contribution in [-0.4, -0.2) is 54.7 Å². The summed E-state index contributed by atoms with van der Waals surface area (Å²) in [6.07, 6.45) is 24.7. The molecule has 8 nitrogen and oxygen atoms in total. The summed E-state index contributed by atoms with van der Waals surface area (Å²) in [6.45, 7) is 5.33. The summed E-state index contributed by atoms with van der Waals surface area (Å²) in [5, 5.41) is 10.5. The number of aliphatic hydroxyl groups excluding tert-OH is 1. The third kappa shape index (κ3) is 6.48. The van der Waals surface area contributed by atoms with Crippen molar-refractivity contribution in [2.45, 2.75) is 174 Å². The highest BCUT2D eigenvalue weighted by molar-refractivity contribution is 5.89. The molecule has 6 atom stereocenters. The minimum atomic E-state index is -0.468. The Hall–Kier alpha value is -1.51. The number of ketones is 1. The van der Waals surface area contributed by atoms with E-state index in [1.807, 2.05) is 13.8 Å². The van der Waals surface area contributed by atoms with Gasteiger partial charge in [-0.2, -0.15) is 0 Å². The van der Waals surface area contributed by atoms with E-state index in [0.29, 0.717) is 40.3 Å². The lowest BCUT2D eigenvalue weighted by molar-refractivity contribution is -0.216. The molecule has 0 saturated heterocycles. The highest BCUT2D eigenvalue weighted by Gasteiger charge is 2.61. The van der Waals surface area contributed by atoms with E-state index in [0.717, 1.165) is 113 Å². The van der Waals surface area contributed by atoms with Crippen LogP contribution < -0.4 is 0 Å². The first kappa shape index (κ1) is 37.5. The molecule has 8 heteroatoms. The first-order valence-corrected chi connectivity index (χ1v) is 23.7. The topological polar surface area (TPSA) is 108 Å². The minimum absolute atomic E-state index is 0.0446. The molecule has 6 unspecified atom stereocenters. The summed E-state index contributed by atoms with van der Waals surface area (Å²) in [5.41, 5.74) is -0.0283. The Morgan fingerprint density at radius 2 is 0.857 bits per heavy atom. The van der Waals surface area contributed by atoms with Crippen LogP contribution in [0.15, 0.2) is 0 Å². The van der Waals surface area contributed by atoms with E-state index in [2.05, 4.69) is 0 Å². The molecular formula is C48H70O8. The molecule has 0 amide bonds. The van der Waals surface area contributed by atoms with Gasteiger partial charge in [0.1, 0.15) is 5.78 Å². The van der Waals surface area contributed by atoms with Crippen LogP contribution in [0.4, 0.5) is 0 Å². The van der Waals surface area contributed by atoms with Gasteiger partial charge in [-0.05, 0) is 225 Å². The van der Waals surface area contributed by atoms with E-state index >= 15 is 0 Å². The second-order valence-electron chi connectivity index (χ2n) is 23.7. The maximum absolute atomic E-state index is 13.2. The quantitative estimate of drug-likeness (QED) is 0.173. The van der Waals surface area contributed by atoms with Crippen LogP contribution in [0.5, 0.6) is 0 Å². The molecule has 0 heterocycles. The van der Waals surface area contributed by atoms with Crippen LogP contribution in [0.25, 0.3) is 0 Å². The van der Waals surface area contributed by atoms with Crippen molar-refractivity contribution in [1.82, 2.24) is 0 Å². The van der Waals surface area contributed by atoms with Crippen molar-refractivity contribution in [3.63, 3.8) is 0 Å². The summed E-state index contributed by atoms with van der Waals surface area (Å²) >= 11 is 0. The monoisotopic (exact) mass is 775 g/mol. The third-order valence-electron chi connectivity index (χ3n) is 19.2. The largest absolute Gasteiger partial charge is 0.436 e. The predicted octanol–water partition coefficient (Wildman–Crippen LogP) is 8.80. The van der Waals surface area contributed by atoms with Crippen LogP contribution in [-0.2, 0) is 33.3 Å². The van der Waals surface area contributed by atoms with Gasteiger partial charge in [-0.3, -0.25) is 14.4 Å². The second kappa shape index (κ2) is 13.5. The van der Waals surface area contributed by atoms with Gasteiger partial charge in [-0.25, -0.2) is 0 Å². The highest BCUT2D eigenvalue weighted by Crippen LogP contribution is 2.63. The van der Waals surface area contributed by atoms with Crippen LogP contribution in [0, 0.1) is 92.7 Å². The lowest BCUT2D eigenvalue weighted by Crippen LogP contribution is -2.57. The van der Waals surface area contributed by atoms with E-state index < -0.39 is 18.0 Å².